The summed E-state index contributed by atoms with van der Waals surface area (Å²) in [6.45, 7) is 6.76. The number of anilines is 2. The molecule has 0 spiro atoms. The van der Waals surface area contributed by atoms with Gasteiger partial charge in [0.05, 0.1) is 4.90 Å². The zero-order valence-corrected chi connectivity index (χ0v) is 13.7. The maximum Gasteiger partial charge on any atom is 0.238 e. The average Bonchev–Trinajstić information content (AvgIpc) is 2.51. The van der Waals surface area contributed by atoms with Crippen LogP contribution in [0.2, 0.25) is 0 Å². The van der Waals surface area contributed by atoms with Crippen molar-refractivity contribution in [2.75, 3.05) is 37.3 Å². The molecular formula is C14H24N4O2S. The quantitative estimate of drug-likeness (QED) is 0.786. The van der Waals surface area contributed by atoms with E-state index >= 15 is 0 Å². The molecule has 1 atom stereocenters. The zero-order chi connectivity index (χ0) is 15.8. The first-order valence-corrected chi connectivity index (χ1v) is 8.63. The van der Waals surface area contributed by atoms with Gasteiger partial charge in [-0.1, -0.05) is 0 Å². The summed E-state index contributed by atoms with van der Waals surface area (Å²) >= 11 is 0. The van der Waals surface area contributed by atoms with E-state index in [1.165, 1.54) is 6.07 Å². The molecule has 118 valence electrons. The van der Waals surface area contributed by atoms with Gasteiger partial charge in [0.1, 0.15) is 0 Å². The van der Waals surface area contributed by atoms with Crippen LogP contribution in [0, 0.1) is 6.92 Å². The van der Waals surface area contributed by atoms with E-state index in [-0.39, 0.29) is 10.9 Å². The number of likely N-dealkylation sites (N-methyl/N-ethyl adjacent to an activating group) is 1. The van der Waals surface area contributed by atoms with Crippen LogP contribution in [0.3, 0.4) is 0 Å². The minimum atomic E-state index is -3.77. The standard InChI is InChI=1S/C14H24N4O2S/c1-10-9-17(3)5-4-6-18(10)13-7-12(15)8-14(11(13)2)21(16,19)20/h7-8,10H,4-6,9,15H2,1-3H3,(H2,16,19,20). The number of nitrogens with zero attached hydrogens (tertiary/aromatic N) is 2. The van der Waals surface area contributed by atoms with Crippen molar-refractivity contribution in [3.8, 4) is 0 Å². The Balaban J connectivity index is 2.51. The largest absolute Gasteiger partial charge is 0.399 e. The Morgan fingerprint density at radius 2 is 1.95 bits per heavy atom. The smallest absolute Gasteiger partial charge is 0.238 e. The number of primary sulfonamides is 1. The monoisotopic (exact) mass is 312 g/mol. The first-order chi connectivity index (χ1) is 9.70. The first-order valence-electron chi connectivity index (χ1n) is 7.08. The number of sulfonamides is 1. The van der Waals surface area contributed by atoms with Crippen LogP contribution < -0.4 is 15.8 Å². The summed E-state index contributed by atoms with van der Waals surface area (Å²) in [5, 5.41) is 5.30. The van der Waals surface area contributed by atoms with Crippen LogP contribution in [0.1, 0.15) is 18.9 Å². The van der Waals surface area contributed by atoms with Gasteiger partial charge in [-0.25, -0.2) is 13.6 Å². The Hall–Kier alpha value is -1.31. The molecule has 1 aliphatic heterocycles. The maximum atomic E-state index is 11.7. The van der Waals surface area contributed by atoms with E-state index in [9.17, 15) is 8.42 Å². The lowest BCUT2D eigenvalue weighted by molar-refractivity contribution is 0.337. The fraction of sp³-hybridized carbons (Fsp3) is 0.571. The molecule has 0 saturated carbocycles. The van der Waals surface area contributed by atoms with Crippen molar-refractivity contribution >= 4 is 21.4 Å². The van der Waals surface area contributed by atoms with Crippen LogP contribution in [0.5, 0.6) is 0 Å². The number of rotatable bonds is 2. The lowest BCUT2D eigenvalue weighted by Gasteiger charge is -2.32. The molecule has 1 unspecified atom stereocenters. The highest BCUT2D eigenvalue weighted by molar-refractivity contribution is 7.89. The second-order valence-electron chi connectivity index (χ2n) is 5.87. The topological polar surface area (TPSA) is 92.7 Å². The van der Waals surface area contributed by atoms with Crippen molar-refractivity contribution in [3.05, 3.63) is 17.7 Å². The molecule has 0 aliphatic carbocycles. The maximum absolute atomic E-state index is 11.7. The van der Waals surface area contributed by atoms with Crippen LogP contribution in [0.15, 0.2) is 17.0 Å². The second kappa shape index (κ2) is 5.82. The average molecular weight is 312 g/mol. The first kappa shape index (κ1) is 16.1. The summed E-state index contributed by atoms with van der Waals surface area (Å²) in [6.07, 6.45) is 1.03. The Bertz CT molecular complexity index is 630. The molecule has 21 heavy (non-hydrogen) atoms. The van der Waals surface area contributed by atoms with Gasteiger partial charge in [-0.15, -0.1) is 0 Å². The molecular weight excluding hydrogens is 288 g/mol. The molecule has 0 bridgehead atoms. The number of hydrogen-bond acceptors (Lipinski definition) is 5. The highest BCUT2D eigenvalue weighted by Gasteiger charge is 2.24. The summed E-state index contributed by atoms with van der Waals surface area (Å²) in [5.74, 6) is 0. The Morgan fingerprint density at radius 1 is 1.29 bits per heavy atom. The van der Waals surface area contributed by atoms with Gasteiger partial charge in [0, 0.05) is 30.5 Å². The molecule has 4 N–H and O–H groups in total. The van der Waals surface area contributed by atoms with Crippen LogP contribution in [0.25, 0.3) is 0 Å². The van der Waals surface area contributed by atoms with Gasteiger partial charge in [-0.05, 0) is 51.6 Å². The van der Waals surface area contributed by atoms with Crippen LogP contribution in [-0.4, -0.2) is 46.0 Å². The Labute approximate surface area is 126 Å². The zero-order valence-electron chi connectivity index (χ0n) is 12.8. The summed E-state index contributed by atoms with van der Waals surface area (Å²) in [7, 11) is -1.67. The molecule has 1 fully saturated rings. The third-order valence-corrected chi connectivity index (χ3v) is 5.05. The van der Waals surface area contributed by atoms with Crippen molar-refractivity contribution in [1.29, 1.82) is 0 Å². The van der Waals surface area contributed by atoms with Crippen molar-refractivity contribution < 1.29 is 8.42 Å². The van der Waals surface area contributed by atoms with Crippen molar-refractivity contribution in [1.82, 2.24) is 4.90 Å². The van der Waals surface area contributed by atoms with Gasteiger partial charge in [0.2, 0.25) is 10.0 Å². The number of nitrogens with two attached hydrogens (primary N) is 2. The van der Waals surface area contributed by atoms with Gasteiger partial charge in [-0.3, -0.25) is 0 Å². The third kappa shape index (κ3) is 3.48. The molecule has 0 radical (unpaired) electrons. The molecule has 1 heterocycles. The minimum absolute atomic E-state index is 0.113. The van der Waals surface area contributed by atoms with E-state index < -0.39 is 10.0 Å². The molecule has 0 aromatic heterocycles. The molecule has 1 aromatic rings. The molecule has 7 heteroatoms. The molecule has 1 aromatic carbocycles. The van der Waals surface area contributed by atoms with Crippen molar-refractivity contribution in [2.24, 2.45) is 5.14 Å². The summed E-state index contributed by atoms with van der Waals surface area (Å²) < 4.78 is 23.5. The molecule has 1 saturated heterocycles. The SMILES string of the molecule is Cc1c(N2CCCN(C)CC2C)cc(N)cc1S(N)(=O)=O. The minimum Gasteiger partial charge on any atom is -0.399 e. The fourth-order valence-corrected chi connectivity index (χ4v) is 3.85. The molecule has 0 amide bonds. The van der Waals surface area contributed by atoms with Crippen molar-refractivity contribution in [3.63, 3.8) is 0 Å². The van der Waals surface area contributed by atoms with E-state index in [1.54, 1.807) is 6.92 Å². The third-order valence-electron chi connectivity index (χ3n) is 4.02. The van der Waals surface area contributed by atoms with Gasteiger partial charge in [0.15, 0.2) is 0 Å². The number of nitrogen functional groups attached to an aromatic ring is 1. The Kier molecular flexibility index (Phi) is 4.46. The normalized spacial score (nSPS) is 21.3. The van der Waals surface area contributed by atoms with E-state index in [2.05, 4.69) is 23.8 Å². The van der Waals surface area contributed by atoms with E-state index in [0.29, 0.717) is 11.3 Å². The van der Waals surface area contributed by atoms with Crippen LogP contribution in [-0.2, 0) is 10.0 Å². The number of benzene rings is 1. The van der Waals surface area contributed by atoms with E-state index in [4.69, 9.17) is 10.9 Å². The lowest BCUT2D eigenvalue weighted by atomic mass is 10.1. The van der Waals surface area contributed by atoms with Gasteiger partial charge < -0.3 is 15.5 Å². The second-order valence-corrected chi connectivity index (χ2v) is 7.40. The van der Waals surface area contributed by atoms with Gasteiger partial charge >= 0.3 is 0 Å². The highest BCUT2D eigenvalue weighted by Crippen LogP contribution is 2.31. The fourth-order valence-electron chi connectivity index (χ4n) is 3.02. The molecule has 1 aliphatic rings. The van der Waals surface area contributed by atoms with E-state index in [1.807, 2.05) is 6.07 Å². The molecule has 6 nitrogen and oxygen atoms in total. The summed E-state index contributed by atoms with van der Waals surface area (Å²) in [4.78, 5) is 4.62. The van der Waals surface area contributed by atoms with Gasteiger partial charge in [-0.2, -0.15) is 0 Å². The molecule has 2 rings (SSSR count). The van der Waals surface area contributed by atoms with Crippen LogP contribution >= 0.6 is 0 Å². The predicted molar refractivity (Wildman–Crippen MR) is 85.9 cm³/mol. The highest BCUT2D eigenvalue weighted by atomic mass is 32.2. The predicted octanol–water partition coefficient (Wildman–Crippen LogP) is 0.755. The summed E-state index contributed by atoms with van der Waals surface area (Å²) in [6, 6.07) is 3.56. The number of hydrogen-bond donors (Lipinski definition) is 2. The van der Waals surface area contributed by atoms with Crippen LogP contribution in [0.4, 0.5) is 11.4 Å². The van der Waals surface area contributed by atoms with Gasteiger partial charge in [0.25, 0.3) is 0 Å². The van der Waals surface area contributed by atoms with Crippen molar-refractivity contribution in [2.45, 2.75) is 31.2 Å². The lowest BCUT2D eigenvalue weighted by Crippen LogP contribution is -2.38. The van der Waals surface area contributed by atoms with E-state index in [0.717, 1.165) is 31.7 Å². The summed E-state index contributed by atoms with van der Waals surface area (Å²) in [5.41, 5.74) is 7.84. The Morgan fingerprint density at radius 3 is 2.57 bits per heavy atom.